The monoisotopic (exact) mass is 429 g/mol. The van der Waals surface area contributed by atoms with Gasteiger partial charge in [0.15, 0.2) is 5.96 Å². The number of nitrogens with zero attached hydrogens (tertiary/aromatic N) is 3. The van der Waals surface area contributed by atoms with Crippen molar-refractivity contribution in [1.29, 1.82) is 0 Å². The largest absolute Gasteiger partial charge is 0.375 e. The summed E-state index contributed by atoms with van der Waals surface area (Å²) in [5, 5.41) is 6.15. The van der Waals surface area contributed by atoms with Gasteiger partial charge in [0.25, 0.3) is 5.91 Å². The number of morpholine rings is 1. The van der Waals surface area contributed by atoms with E-state index in [1.54, 1.807) is 11.9 Å². The normalized spacial score (nSPS) is 24.8. The van der Waals surface area contributed by atoms with Crippen LogP contribution >= 0.6 is 0 Å². The summed E-state index contributed by atoms with van der Waals surface area (Å²) < 4.78 is 11.7. The van der Waals surface area contributed by atoms with Gasteiger partial charge in [0.2, 0.25) is 5.91 Å². The number of benzene rings is 1. The quantitative estimate of drug-likeness (QED) is 0.525. The molecule has 1 aromatic carbocycles. The second kappa shape index (κ2) is 10.1. The molecule has 9 heteroatoms. The smallest absolute Gasteiger partial charge is 0.254 e. The zero-order valence-corrected chi connectivity index (χ0v) is 18.0. The van der Waals surface area contributed by atoms with Crippen molar-refractivity contribution in [2.24, 2.45) is 4.99 Å². The molecule has 0 bridgehead atoms. The van der Waals surface area contributed by atoms with Crippen LogP contribution in [0.1, 0.15) is 28.8 Å². The van der Waals surface area contributed by atoms with Gasteiger partial charge in [0.05, 0.1) is 19.3 Å². The maximum atomic E-state index is 12.6. The minimum Gasteiger partial charge on any atom is -0.375 e. The predicted octanol–water partition coefficient (Wildman–Crippen LogP) is 0.214. The molecule has 4 rings (SSSR count). The van der Waals surface area contributed by atoms with Crippen molar-refractivity contribution in [2.45, 2.75) is 31.6 Å². The molecule has 0 spiro atoms. The van der Waals surface area contributed by atoms with Crippen LogP contribution in [0.2, 0.25) is 0 Å². The first-order valence-electron chi connectivity index (χ1n) is 11.0. The molecule has 0 saturated carbocycles. The topological polar surface area (TPSA) is 95.5 Å². The Kier molecular flexibility index (Phi) is 7.03. The second-order valence-electron chi connectivity index (χ2n) is 8.08. The van der Waals surface area contributed by atoms with Crippen molar-refractivity contribution in [3.05, 3.63) is 35.4 Å². The number of piperazine rings is 1. The number of amides is 2. The molecule has 168 valence electrons. The van der Waals surface area contributed by atoms with E-state index in [2.05, 4.69) is 20.5 Å². The summed E-state index contributed by atoms with van der Waals surface area (Å²) in [6, 6.07) is 7.51. The summed E-state index contributed by atoms with van der Waals surface area (Å²) in [6.45, 7) is 4.80. The number of nitrogens with one attached hydrogen (secondary N) is 2. The first kappa shape index (κ1) is 21.6. The standard InChI is InChI=1S/C22H31N5O4/c1-23-22(27-10-12-31-19(14-27)18-3-2-11-30-18)25-13-16-4-6-17(7-5-16)21(29)26-9-8-24-20(28)15-26/h4-7,18-19H,2-3,8-15H2,1H3,(H,23,25)(H,24,28). The molecule has 3 fully saturated rings. The van der Waals surface area contributed by atoms with E-state index in [1.807, 2.05) is 24.3 Å². The van der Waals surface area contributed by atoms with Crippen LogP contribution in [0.3, 0.4) is 0 Å². The van der Waals surface area contributed by atoms with Gasteiger partial charge < -0.3 is 29.9 Å². The van der Waals surface area contributed by atoms with Gasteiger partial charge in [-0.1, -0.05) is 12.1 Å². The van der Waals surface area contributed by atoms with Crippen LogP contribution in [-0.2, 0) is 20.8 Å². The predicted molar refractivity (Wildman–Crippen MR) is 116 cm³/mol. The van der Waals surface area contributed by atoms with E-state index in [9.17, 15) is 9.59 Å². The third kappa shape index (κ3) is 5.34. The molecule has 3 aliphatic rings. The molecular weight excluding hydrogens is 398 g/mol. The van der Waals surface area contributed by atoms with Crippen molar-refractivity contribution in [2.75, 3.05) is 53.0 Å². The zero-order valence-electron chi connectivity index (χ0n) is 18.0. The Labute approximate surface area is 182 Å². The van der Waals surface area contributed by atoms with Gasteiger partial charge in [-0.05, 0) is 30.5 Å². The van der Waals surface area contributed by atoms with Crippen LogP contribution in [0.4, 0.5) is 0 Å². The summed E-state index contributed by atoms with van der Waals surface area (Å²) in [5.41, 5.74) is 1.65. The molecular formula is C22H31N5O4. The minimum absolute atomic E-state index is 0.0805. The van der Waals surface area contributed by atoms with E-state index in [0.29, 0.717) is 31.8 Å². The Morgan fingerprint density at radius 3 is 2.68 bits per heavy atom. The van der Waals surface area contributed by atoms with Gasteiger partial charge in [-0.2, -0.15) is 0 Å². The summed E-state index contributed by atoms with van der Waals surface area (Å²) in [7, 11) is 1.79. The Balaban J connectivity index is 1.30. The minimum atomic E-state index is -0.114. The molecule has 9 nitrogen and oxygen atoms in total. The van der Waals surface area contributed by atoms with E-state index >= 15 is 0 Å². The van der Waals surface area contributed by atoms with Crippen molar-refractivity contribution in [1.82, 2.24) is 20.4 Å². The average molecular weight is 430 g/mol. The van der Waals surface area contributed by atoms with Crippen LogP contribution < -0.4 is 10.6 Å². The molecule has 2 N–H and O–H groups in total. The van der Waals surface area contributed by atoms with Crippen LogP contribution in [0.5, 0.6) is 0 Å². The Bertz CT molecular complexity index is 807. The van der Waals surface area contributed by atoms with Crippen molar-refractivity contribution >= 4 is 17.8 Å². The fourth-order valence-corrected chi connectivity index (χ4v) is 4.26. The number of ether oxygens (including phenoxy) is 2. The van der Waals surface area contributed by atoms with Gasteiger partial charge in [-0.3, -0.25) is 14.6 Å². The lowest BCUT2D eigenvalue weighted by atomic mass is 10.1. The molecule has 0 aliphatic carbocycles. The Hall–Kier alpha value is -2.65. The SMILES string of the molecule is CN=C(NCc1ccc(C(=O)N2CCNC(=O)C2)cc1)N1CCOC(C2CCCO2)C1. The highest BCUT2D eigenvalue weighted by molar-refractivity contribution is 5.97. The number of aliphatic imine (C=N–C) groups is 1. The Morgan fingerprint density at radius 2 is 1.97 bits per heavy atom. The van der Waals surface area contributed by atoms with Gasteiger partial charge in [0, 0.05) is 51.9 Å². The first-order valence-corrected chi connectivity index (χ1v) is 11.0. The first-order chi connectivity index (χ1) is 15.1. The maximum Gasteiger partial charge on any atom is 0.254 e. The van der Waals surface area contributed by atoms with Crippen LogP contribution in [0.15, 0.2) is 29.3 Å². The Morgan fingerprint density at radius 1 is 1.16 bits per heavy atom. The highest BCUT2D eigenvalue weighted by atomic mass is 16.5. The maximum absolute atomic E-state index is 12.6. The van der Waals surface area contributed by atoms with Gasteiger partial charge in [0.1, 0.15) is 6.10 Å². The number of rotatable bonds is 4. The van der Waals surface area contributed by atoms with Crippen molar-refractivity contribution < 1.29 is 19.1 Å². The lowest BCUT2D eigenvalue weighted by Crippen LogP contribution is -2.53. The van der Waals surface area contributed by atoms with E-state index in [1.165, 1.54) is 0 Å². The highest BCUT2D eigenvalue weighted by Crippen LogP contribution is 2.21. The molecule has 3 saturated heterocycles. The number of carbonyl (C=O) groups excluding carboxylic acids is 2. The van der Waals surface area contributed by atoms with E-state index in [0.717, 1.165) is 44.1 Å². The van der Waals surface area contributed by atoms with E-state index < -0.39 is 0 Å². The zero-order chi connectivity index (χ0) is 21.6. The molecule has 3 heterocycles. The van der Waals surface area contributed by atoms with Crippen LogP contribution in [-0.4, -0.2) is 92.8 Å². The molecule has 3 aliphatic heterocycles. The average Bonchev–Trinajstić information content (AvgIpc) is 3.35. The second-order valence-corrected chi connectivity index (χ2v) is 8.08. The summed E-state index contributed by atoms with van der Waals surface area (Å²) in [5.74, 6) is 0.612. The van der Waals surface area contributed by atoms with Crippen molar-refractivity contribution in [3.8, 4) is 0 Å². The van der Waals surface area contributed by atoms with Gasteiger partial charge in [-0.15, -0.1) is 0 Å². The molecule has 1 aromatic rings. The van der Waals surface area contributed by atoms with E-state index in [-0.39, 0.29) is 30.6 Å². The fourth-order valence-electron chi connectivity index (χ4n) is 4.26. The molecule has 2 amide bonds. The van der Waals surface area contributed by atoms with Crippen LogP contribution in [0, 0.1) is 0 Å². The number of hydrogen-bond acceptors (Lipinski definition) is 5. The molecule has 2 unspecified atom stereocenters. The summed E-state index contributed by atoms with van der Waals surface area (Å²) >= 11 is 0. The lowest BCUT2D eigenvalue weighted by Gasteiger charge is -2.37. The third-order valence-corrected chi connectivity index (χ3v) is 5.96. The van der Waals surface area contributed by atoms with Gasteiger partial charge >= 0.3 is 0 Å². The van der Waals surface area contributed by atoms with E-state index in [4.69, 9.17) is 9.47 Å². The lowest BCUT2D eigenvalue weighted by molar-refractivity contribution is -0.123. The number of guanidine groups is 1. The summed E-state index contributed by atoms with van der Waals surface area (Å²) in [6.07, 6.45) is 2.41. The fraction of sp³-hybridized carbons (Fsp3) is 0.591. The highest BCUT2D eigenvalue weighted by Gasteiger charge is 2.32. The van der Waals surface area contributed by atoms with Crippen LogP contribution in [0.25, 0.3) is 0 Å². The third-order valence-electron chi connectivity index (χ3n) is 5.96. The molecule has 0 aromatic heterocycles. The summed E-state index contributed by atoms with van der Waals surface area (Å²) in [4.78, 5) is 32.4. The molecule has 0 radical (unpaired) electrons. The molecule has 31 heavy (non-hydrogen) atoms. The van der Waals surface area contributed by atoms with Crippen molar-refractivity contribution in [3.63, 3.8) is 0 Å². The molecule has 2 atom stereocenters. The number of hydrogen-bond donors (Lipinski definition) is 2. The van der Waals surface area contributed by atoms with Gasteiger partial charge in [-0.25, -0.2) is 0 Å². The number of carbonyl (C=O) groups is 2.